The van der Waals surface area contributed by atoms with Crippen LogP contribution in [0.25, 0.3) is 0 Å². The molecule has 8 heteroatoms. The average Bonchev–Trinajstić information content (AvgIpc) is 2.28. The minimum Gasteiger partial charge on any atom is -0.389 e. The van der Waals surface area contributed by atoms with Crippen LogP contribution >= 0.6 is 12.2 Å². The Morgan fingerprint density at radius 1 is 1.44 bits per heavy atom. The molecule has 0 aliphatic rings. The number of thiocarbonyl (C=S) groups is 1. The lowest BCUT2D eigenvalue weighted by Gasteiger charge is -2.09. The molecule has 3 N–H and O–H groups in total. The summed E-state index contributed by atoms with van der Waals surface area (Å²) < 4.78 is 37.3. The van der Waals surface area contributed by atoms with Crippen molar-refractivity contribution in [1.29, 1.82) is 0 Å². The number of rotatable bonds is 6. The van der Waals surface area contributed by atoms with Crippen LogP contribution in [-0.2, 0) is 20.8 Å². The average molecular weight is 306 g/mol. The lowest BCUT2D eigenvalue weighted by atomic mass is 10.2. The van der Waals surface area contributed by atoms with Crippen molar-refractivity contribution in [2.45, 2.75) is 4.90 Å². The number of hydrogen-bond acceptors (Lipinski definition) is 4. The number of nitrogens with two attached hydrogens (primary N) is 1. The van der Waals surface area contributed by atoms with E-state index < -0.39 is 20.8 Å². The minimum atomic E-state index is -3.68. The first-order valence-electron chi connectivity index (χ1n) is 5.03. The number of hydrogen-bond donors (Lipinski definition) is 2. The molecule has 0 spiro atoms. The van der Waals surface area contributed by atoms with Crippen LogP contribution in [0.3, 0.4) is 0 Å². The van der Waals surface area contributed by atoms with Crippen LogP contribution in [0.1, 0.15) is 5.56 Å². The third kappa shape index (κ3) is 4.13. The van der Waals surface area contributed by atoms with Gasteiger partial charge in [-0.3, -0.25) is 4.21 Å². The van der Waals surface area contributed by atoms with Crippen molar-refractivity contribution in [3.05, 3.63) is 29.8 Å². The van der Waals surface area contributed by atoms with Crippen LogP contribution in [0.4, 0.5) is 0 Å². The molecule has 1 aromatic rings. The van der Waals surface area contributed by atoms with Crippen molar-refractivity contribution in [1.82, 2.24) is 4.72 Å². The van der Waals surface area contributed by atoms with Crippen molar-refractivity contribution in [3.63, 3.8) is 0 Å². The van der Waals surface area contributed by atoms with Gasteiger partial charge in [0, 0.05) is 34.9 Å². The van der Waals surface area contributed by atoms with Crippen LogP contribution in [0.15, 0.2) is 29.2 Å². The molecule has 0 aliphatic heterocycles. The molecule has 5 nitrogen and oxygen atoms in total. The van der Waals surface area contributed by atoms with E-state index in [0.717, 1.165) is 0 Å². The molecule has 0 fully saturated rings. The lowest BCUT2D eigenvalue weighted by Crippen LogP contribution is -2.29. The van der Waals surface area contributed by atoms with Gasteiger partial charge in [0.25, 0.3) is 0 Å². The van der Waals surface area contributed by atoms with E-state index in [1.54, 1.807) is 18.2 Å². The van der Waals surface area contributed by atoms with Crippen LogP contribution in [0.5, 0.6) is 0 Å². The summed E-state index contributed by atoms with van der Waals surface area (Å²) in [5.74, 6) is 0.258. The predicted molar refractivity (Wildman–Crippen MR) is 76.5 cm³/mol. The van der Waals surface area contributed by atoms with Crippen LogP contribution < -0.4 is 10.5 Å². The summed E-state index contributed by atoms with van der Waals surface area (Å²) in [7, 11) is -4.73. The summed E-state index contributed by atoms with van der Waals surface area (Å²) in [4.78, 5) is 0.0643. The molecule has 0 heterocycles. The third-order valence-corrected chi connectivity index (χ3v) is 4.64. The number of sulfonamides is 1. The maximum absolute atomic E-state index is 12.0. The second kappa shape index (κ2) is 6.37. The molecule has 100 valence electrons. The third-order valence-electron chi connectivity index (χ3n) is 2.12. The van der Waals surface area contributed by atoms with Gasteiger partial charge in [-0.25, -0.2) is 13.1 Å². The summed E-state index contributed by atoms with van der Waals surface area (Å²) >= 11 is 4.81. The highest BCUT2D eigenvalue weighted by atomic mass is 32.2. The van der Waals surface area contributed by atoms with Gasteiger partial charge in [0.1, 0.15) is 4.99 Å². The molecule has 0 saturated carbocycles. The van der Waals surface area contributed by atoms with Crippen molar-refractivity contribution in [2.24, 2.45) is 5.73 Å². The summed E-state index contributed by atoms with van der Waals surface area (Å²) in [5.41, 5.74) is 5.78. The molecule has 0 saturated heterocycles. The van der Waals surface area contributed by atoms with Crippen LogP contribution in [0, 0.1) is 0 Å². The van der Waals surface area contributed by atoms with Gasteiger partial charge in [-0.15, -0.1) is 0 Å². The molecule has 0 amide bonds. The maximum atomic E-state index is 12.0. The zero-order chi connectivity index (χ0) is 13.8. The summed E-state index contributed by atoms with van der Waals surface area (Å²) in [6.07, 6.45) is 1.51. The van der Waals surface area contributed by atoms with Crippen molar-refractivity contribution in [3.8, 4) is 0 Å². The number of benzene rings is 1. The molecule has 0 bridgehead atoms. The molecule has 1 unspecified atom stereocenters. The van der Waals surface area contributed by atoms with Gasteiger partial charge < -0.3 is 5.73 Å². The molecule has 1 aromatic carbocycles. The Labute approximate surface area is 114 Å². The van der Waals surface area contributed by atoms with E-state index in [2.05, 4.69) is 4.72 Å². The highest BCUT2D eigenvalue weighted by Gasteiger charge is 2.18. The molecule has 0 aromatic heterocycles. The predicted octanol–water partition coefficient (Wildman–Crippen LogP) is -0.0224. The maximum Gasteiger partial charge on any atom is 0.241 e. The van der Waals surface area contributed by atoms with Gasteiger partial charge in [-0.05, 0) is 6.07 Å². The fraction of sp³-hybridized carbons (Fsp3) is 0.300. The highest BCUT2D eigenvalue weighted by molar-refractivity contribution is 7.90. The fourth-order valence-corrected chi connectivity index (χ4v) is 3.31. The summed E-state index contributed by atoms with van der Waals surface area (Å²) in [6.45, 7) is 0.108. The zero-order valence-corrected chi connectivity index (χ0v) is 12.2. The molecule has 0 aliphatic carbocycles. The largest absolute Gasteiger partial charge is 0.389 e. The smallest absolute Gasteiger partial charge is 0.241 e. The van der Waals surface area contributed by atoms with Gasteiger partial charge in [0.15, 0.2) is 0 Å². The molecular formula is C10H14N2O3S3. The van der Waals surface area contributed by atoms with Gasteiger partial charge in [-0.2, -0.15) is 0 Å². The molecular weight excluding hydrogens is 292 g/mol. The standard InChI is InChI=1S/C10H14N2O3S3/c1-17(13)7-6-12-18(14,15)9-5-3-2-4-8(9)10(11)16/h2-5,12H,6-7H2,1H3,(H2,11,16). The second-order valence-corrected chi connectivity index (χ2v) is 7.27. The topological polar surface area (TPSA) is 89.3 Å². The lowest BCUT2D eigenvalue weighted by molar-refractivity contribution is 0.584. The first kappa shape index (κ1) is 15.2. The molecule has 1 rings (SSSR count). The Balaban J connectivity index is 2.98. The first-order chi connectivity index (χ1) is 8.34. The quantitative estimate of drug-likeness (QED) is 0.721. The number of nitrogens with one attached hydrogen (secondary N) is 1. The van der Waals surface area contributed by atoms with Gasteiger partial charge >= 0.3 is 0 Å². The zero-order valence-electron chi connectivity index (χ0n) is 9.75. The van der Waals surface area contributed by atoms with Gasteiger partial charge in [-0.1, -0.05) is 30.4 Å². The van der Waals surface area contributed by atoms with E-state index in [9.17, 15) is 12.6 Å². The van der Waals surface area contributed by atoms with Crippen molar-refractivity contribution >= 4 is 38.0 Å². The van der Waals surface area contributed by atoms with Gasteiger partial charge in [0.05, 0.1) is 4.90 Å². The Morgan fingerprint density at radius 3 is 2.61 bits per heavy atom. The fourth-order valence-electron chi connectivity index (χ4n) is 1.30. The minimum absolute atomic E-state index is 0.0232. The van der Waals surface area contributed by atoms with Crippen LogP contribution in [0.2, 0.25) is 0 Å². The SMILES string of the molecule is CS(=O)CCNS(=O)(=O)c1ccccc1C(N)=S. The Bertz CT molecular complexity index is 569. The van der Waals surface area contributed by atoms with Gasteiger partial charge in [0.2, 0.25) is 10.0 Å². The Morgan fingerprint density at radius 2 is 2.06 bits per heavy atom. The van der Waals surface area contributed by atoms with E-state index in [1.165, 1.54) is 12.3 Å². The van der Waals surface area contributed by atoms with E-state index >= 15 is 0 Å². The Kier molecular flexibility index (Phi) is 5.39. The molecule has 18 heavy (non-hydrogen) atoms. The van der Waals surface area contributed by atoms with Crippen LogP contribution in [-0.4, -0.2) is 36.2 Å². The van der Waals surface area contributed by atoms with E-state index in [1.807, 2.05) is 0 Å². The Hall–Kier alpha value is -0.830. The molecule has 1 atom stereocenters. The first-order valence-corrected chi connectivity index (χ1v) is 8.65. The van der Waals surface area contributed by atoms with E-state index in [4.69, 9.17) is 18.0 Å². The highest BCUT2D eigenvalue weighted by Crippen LogP contribution is 2.14. The van der Waals surface area contributed by atoms with Crippen molar-refractivity contribution < 1.29 is 12.6 Å². The van der Waals surface area contributed by atoms with Crippen molar-refractivity contribution in [2.75, 3.05) is 18.6 Å². The second-order valence-electron chi connectivity index (χ2n) is 3.54. The normalized spacial score (nSPS) is 13.2. The van der Waals surface area contributed by atoms with E-state index in [-0.39, 0.29) is 22.2 Å². The molecule has 0 radical (unpaired) electrons. The van der Waals surface area contributed by atoms with E-state index in [0.29, 0.717) is 5.56 Å². The monoisotopic (exact) mass is 306 g/mol. The summed E-state index contributed by atoms with van der Waals surface area (Å²) in [6, 6.07) is 6.23. The summed E-state index contributed by atoms with van der Waals surface area (Å²) in [5, 5.41) is 0.